The van der Waals surface area contributed by atoms with Gasteiger partial charge in [-0.25, -0.2) is 18.2 Å². The van der Waals surface area contributed by atoms with Gasteiger partial charge < -0.3 is 15.2 Å². The van der Waals surface area contributed by atoms with E-state index < -0.39 is 10.0 Å². The summed E-state index contributed by atoms with van der Waals surface area (Å²) in [5.41, 5.74) is 1.73. The fraction of sp³-hybridized carbons (Fsp3) is 0.300. The summed E-state index contributed by atoms with van der Waals surface area (Å²) in [5, 5.41) is 3.10. The van der Waals surface area contributed by atoms with Gasteiger partial charge in [0, 0.05) is 26.2 Å². The maximum atomic E-state index is 12.9. The van der Waals surface area contributed by atoms with Crippen molar-refractivity contribution in [3.63, 3.8) is 0 Å². The molecule has 1 saturated heterocycles. The molecular weight excluding hydrogens is 461 g/mol. The van der Waals surface area contributed by atoms with Crippen molar-refractivity contribution in [1.82, 2.24) is 24.5 Å². The molecule has 0 aliphatic carbocycles. The van der Waals surface area contributed by atoms with Gasteiger partial charge in [0.05, 0.1) is 27.1 Å². The first-order valence-corrected chi connectivity index (χ1v) is 11.9. The molecule has 31 heavy (non-hydrogen) atoms. The first-order chi connectivity index (χ1) is 14.8. The molecule has 164 valence electrons. The number of halogens is 2. The molecule has 1 atom stereocenters. The van der Waals surface area contributed by atoms with Gasteiger partial charge in [-0.15, -0.1) is 0 Å². The molecule has 1 aliphatic rings. The van der Waals surface area contributed by atoms with Crippen LogP contribution in [-0.2, 0) is 10.0 Å². The highest BCUT2D eigenvalue weighted by Crippen LogP contribution is 2.31. The fourth-order valence-electron chi connectivity index (χ4n) is 3.48. The Bertz CT molecular complexity index is 1190. The maximum absolute atomic E-state index is 12.9. The van der Waals surface area contributed by atoms with Gasteiger partial charge >= 0.3 is 6.03 Å². The molecule has 2 amide bonds. The van der Waals surface area contributed by atoms with Crippen molar-refractivity contribution in [2.45, 2.75) is 17.9 Å². The average Bonchev–Trinajstić information content (AvgIpc) is 3.20. The second-order valence-electron chi connectivity index (χ2n) is 7.25. The summed E-state index contributed by atoms with van der Waals surface area (Å²) < 4.78 is 27.2. The zero-order valence-electron chi connectivity index (χ0n) is 16.7. The monoisotopic (exact) mass is 481 g/mol. The molecule has 1 aromatic heterocycles. The van der Waals surface area contributed by atoms with Crippen molar-refractivity contribution in [2.24, 2.45) is 0 Å². The second-order valence-corrected chi connectivity index (χ2v) is 9.94. The average molecular weight is 482 g/mol. The highest BCUT2D eigenvalue weighted by molar-refractivity contribution is 7.89. The number of carbonyl (C=O) groups excluding carboxylic acids is 1. The van der Waals surface area contributed by atoms with Crippen molar-refractivity contribution in [3.8, 4) is 0 Å². The number of aromatic amines is 1. The molecule has 1 fully saturated rings. The molecule has 3 aromatic rings. The number of piperazine rings is 1. The van der Waals surface area contributed by atoms with Gasteiger partial charge in [0.2, 0.25) is 10.0 Å². The number of benzene rings is 2. The molecule has 11 heteroatoms. The summed E-state index contributed by atoms with van der Waals surface area (Å²) in [6.45, 7) is 2.69. The fourth-order valence-corrected chi connectivity index (χ4v) is 5.63. The van der Waals surface area contributed by atoms with Crippen LogP contribution < -0.4 is 5.32 Å². The lowest BCUT2D eigenvalue weighted by Crippen LogP contribution is -2.53. The van der Waals surface area contributed by atoms with E-state index in [9.17, 15) is 13.2 Å². The Morgan fingerprint density at radius 3 is 2.52 bits per heavy atom. The number of nitrogens with zero attached hydrogens (tertiary/aromatic N) is 3. The van der Waals surface area contributed by atoms with Crippen molar-refractivity contribution < 1.29 is 13.2 Å². The summed E-state index contributed by atoms with van der Waals surface area (Å²) in [4.78, 5) is 22.0. The van der Waals surface area contributed by atoms with Crippen LogP contribution >= 0.6 is 23.2 Å². The Balaban J connectivity index is 1.39. The number of aromatic nitrogens is 2. The van der Waals surface area contributed by atoms with Crippen molar-refractivity contribution in [3.05, 3.63) is 58.3 Å². The Labute approximate surface area is 190 Å². The van der Waals surface area contributed by atoms with Crippen LogP contribution in [0.3, 0.4) is 0 Å². The summed E-state index contributed by atoms with van der Waals surface area (Å²) >= 11 is 12.1. The molecule has 2 heterocycles. The highest BCUT2D eigenvalue weighted by Gasteiger charge is 2.32. The minimum atomic E-state index is -3.80. The van der Waals surface area contributed by atoms with E-state index in [4.69, 9.17) is 23.2 Å². The zero-order chi connectivity index (χ0) is 22.2. The molecular formula is C20H21Cl2N5O3S. The van der Waals surface area contributed by atoms with Crippen LogP contribution in [0.2, 0.25) is 10.0 Å². The van der Waals surface area contributed by atoms with Crippen LogP contribution in [0.25, 0.3) is 11.0 Å². The van der Waals surface area contributed by atoms with Gasteiger partial charge in [0.25, 0.3) is 0 Å². The van der Waals surface area contributed by atoms with Gasteiger partial charge in [-0.05, 0) is 31.2 Å². The summed E-state index contributed by atoms with van der Waals surface area (Å²) in [5.74, 6) is 0.659. The minimum absolute atomic E-state index is 0.00370. The lowest BCUT2D eigenvalue weighted by atomic mass is 10.3. The normalized spacial score (nSPS) is 16.4. The molecule has 8 nitrogen and oxygen atoms in total. The molecule has 1 aliphatic heterocycles. The number of urea groups is 1. The minimum Gasteiger partial charge on any atom is -0.340 e. The van der Waals surface area contributed by atoms with E-state index in [2.05, 4.69) is 15.3 Å². The summed E-state index contributed by atoms with van der Waals surface area (Å²) in [7, 11) is -3.80. The number of hydrogen-bond acceptors (Lipinski definition) is 4. The zero-order valence-corrected chi connectivity index (χ0v) is 19.0. The lowest BCUT2D eigenvalue weighted by molar-refractivity contribution is 0.169. The largest absolute Gasteiger partial charge is 0.340 e. The predicted molar refractivity (Wildman–Crippen MR) is 120 cm³/mol. The maximum Gasteiger partial charge on any atom is 0.318 e. The van der Waals surface area contributed by atoms with Crippen LogP contribution in [0.15, 0.2) is 47.4 Å². The van der Waals surface area contributed by atoms with E-state index in [1.807, 2.05) is 31.2 Å². The molecule has 0 spiro atoms. The number of sulfonamides is 1. The quantitative estimate of drug-likeness (QED) is 0.593. The van der Waals surface area contributed by atoms with Crippen LogP contribution in [0.5, 0.6) is 0 Å². The topological polar surface area (TPSA) is 98.4 Å². The Morgan fingerprint density at radius 1 is 1.10 bits per heavy atom. The molecule has 2 N–H and O–H groups in total. The summed E-state index contributed by atoms with van der Waals surface area (Å²) in [6.07, 6.45) is 0. The van der Waals surface area contributed by atoms with E-state index in [1.165, 1.54) is 16.4 Å². The first kappa shape index (κ1) is 21.9. The predicted octanol–water partition coefficient (Wildman–Crippen LogP) is 3.65. The van der Waals surface area contributed by atoms with Crippen LogP contribution in [0.1, 0.15) is 18.8 Å². The highest BCUT2D eigenvalue weighted by atomic mass is 35.5. The van der Waals surface area contributed by atoms with Gasteiger partial charge in [-0.2, -0.15) is 4.31 Å². The van der Waals surface area contributed by atoms with Gasteiger partial charge in [-0.3, -0.25) is 0 Å². The van der Waals surface area contributed by atoms with Gasteiger partial charge in [-0.1, -0.05) is 41.4 Å². The molecule has 2 aromatic carbocycles. The lowest BCUT2D eigenvalue weighted by Gasteiger charge is -2.34. The van der Waals surface area contributed by atoms with E-state index in [0.29, 0.717) is 5.82 Å². The van der Waals surface area contributed by atoms with Crippen LogP contribution in [0.4, 0.5) is 4.79 Å². The van der Waals surface area contributed by atoms with E-state index in [-0.39, 0.29) is 53.2 Å². The Kier molecular flexibility index (Phi) is 6.11. The number of rotatable bonds is 4. The van der Waals surface area contributed by atoms with E-state index in [0.717, 1.165) is 11.0 Å². The second kappa shape index (κ2) is 8.66. The number of fused-ring (bicyclic) bond motifs is 1. The smallest absolute Gasteiger partial charge is 0.318 e. The third kappa shape index (κ3) is 4.36. The molecule has 4 rings (SSSR count). The van der Waals surface area contributed by atoms with Crippen molar-refractivity contribution in [2.75, 3.05) is 26.2 Å². The van der Waals surface area contributed by atoms with Crippen LogP contribution in [0, 0.1) is 0 Å². The van der Waals surface area contributed by atoms with E-state index in [1.54, 1.807) is 11.0 Å². The van der Waals surface area contributed by atoms with Crippen LogP contribution in [-0.4, -0.2) is 59.8 Å². The number of carbonyl (C=O) groups is 1. The number of amides is 2. The Morgan fingerprint density at radius 2 is 1.81 bits per heavy atom. The molecule has 0 radical (unpaired) electrons. The number of imidazole rings is 1. The molecule has 0 unspecified atom stereocenters. The van der Waals surface area contributed by atoms with Crippen molar-refractivity contribution in [1.29, 1.82) is 0 Å². The van der Waals surface area contributed by atoms with E-state index >= 15 is 0 Å². The first-order valence-electron chi connectivity index (χ1n) is 9.71. The van der Waals surface area contributed by atoms with Gasteiger partial charge in [0.15, 0.2) is 0 Å². The van der Waals surface area contributed by atoms with Gasteiger partial charge in [0.1, 0.15) is 10.7 Å². The Hall–Kier alpha value is -2.33. The number of hydrogen-bond donors (Lipinski definition) is 2. The standard InChI is InChI=1S/C20H21Cl2N5O3S/c1-13(19-24-15-6-2-3-7-16(15)25-19)23-20(28)26-9-11-27(12-10-26)31(29,30)17-8-4-5-14(21)18(17)22/h2-8,13H,9-12H2,1H3,(H,23,28)(H,24,25)/t13-/m0/s1. The number of H-pyrrole nitrogens is 1. The number of para-hydroxylation sites is 2. The molecule has 0 saturated carbocycles. The SMILES string of the molecule is C[C@H](NC(=O)N1CCN(S(=O)(=O)c2cccc(Cl)c2Cl)CC1)c1nc2ccccc2[nH]1. The molecule has 0 bridgehead atoms. The summed E-state index contributed by atoms with van der Waals surface area (Å²) in [6, 6.07) is 11.5. The third-order valence-corrected chi connectivity index (χ3v) is 8.09. The number of nitrogens with one attached hydrogen (secondary N) is 2. The van der Waals surface area contributed by atoms with Crippen molar-refractivity contribution >= 4 is 50.3 Å². The third-order valence-electron chi connectivity index (χ3n) is 5.22.